The van der Waals surface area contributed by atoms with E-state index in [0.717, 1.165) is 23.2 Å². The molecule has 0 bridgehead atoms. The first-order chi connectivity index (χ1) is 16.9. The maximum Gasteiger partial charge on any atom is 0.260 e. The highest BCUT2D eigenvalue weighted by molar-refractivity contribution is 9.10. The van der Waals surface area contributed by atoms with E-state index in [0.29, 0.717) is 27.5 Å². The van der Waals surface area contributed by atoms with Crippen LogP contribution in [0.1, 0.15) is 30.5 Å². The molecule has 2 N–H and O–H groups in total. The van der Waals surface area contributed by atoms with E-state index in [1.807, 2.05) is 37.3 Å². The minimum absolute atomic E-state index is 0.136. The predicted molar refractivity (Wildman–Crippen MR) is 143 cm³/mol. The smallest absolute Gasteiger partial charge is 0.260 e. The number of anilines is 1. The fraction of sp³-hybridized carbons (Fsp3) is 0.222. The highest BCUT2D eigenvalue weighted by Crippen LogP contribution is 2.39. The number of rotatable bonds is 9. The molecule has 8 heteroatoms. The summed E-state index contributed by atoms with van der Waals surface area (Å²) in [6.45, 7) is 4.74. The molecule has 0 aliphatic carbocycles. The van der Waals surface area contributed by atoms with Gasteiger partial charge in [-0.15, -0.1) is 0 Å². The average molecular weight is 557 g/mol. The van der Waals surface area contributed by atoms with E-state index in [1.54, 1.807) is 12.1 Å². The summed E-state index contributed by atoms with van der Waals surface area (Å²) < 4.78 is 25.7. The molecule has 5 nitrogen and oxygen atoms in total. The van der Waals surface area contributed by atoms with Gasteiger partial charge >= 0.3 is 0 Å². The normalized spacial score (nSPS) is 16.3. The van der Waals surface area contributed by atoms with E-state index >= 15 is 0 Å². The van der Waals surface area contributed by atoms with Crippen molar-refractivity contribution in [1.29, 1.82) is 0 Å². The summed E-state index contributed by atoms with van der Waals surface area (Å²) in [5, 5.41) is 6.30. The summed E-state index contributed by atoms with van der Waals surface area (Å²) in [7, 11) is 0. The number of amides is 1. The fourth-order valence-electron chi connectivity index (χ4n) is 3.52. The van der Waals surface area contributed by atoms with E-state index in [1.165, 1.54) is 29.5 Å². The highest BCUT2D eigenvalue weighted by atomic mass is 79.9. The van der Waals surface area contributed by atoms with Crippen LogP contribution in [-0.2, 0) is 17.8 Å². The van der Waals surface area contributed by atoms with Gasteiger partial charge in [-0.1, -0.05) is 43.0 Å². The van der Waals surface area contributed by atoms with Crippen LogP contribution in [0.5, 0.6) is 11.5 Å². The molecule has 1 heterocycles. The molecule has 0 radical (unpaired) electrons. The molecule has 0 spiro atoms. The Morgan fingerprint density at radius 2 is 1.77 bits per heavy atom. The lowest BCUT2D eigenvalue weighted by molar-refractivity contribution is -0.116. The van der Waals surface area contributed by atoms with Crippen molar-refractivity contribution in [1.82, 2.24) is 5.32 Å². The lowest BCUT2D eigenvalue weighted by Gasteiger charge is -2.15. The minimum Gasteiger partial charge on any atom is -0.490 e. The summed E-state index contributed by atoms with van der Waals surface area (Å²) in [4.78, 5) is 13.2. The van der Waals surface area contributed by atoms with E-state index in [4.69, 9.17) is 9.47 Å². The standard InChI is InChI=1S/C27H26BrFN2O3S/c1-3-17-7-11-21(12-8-17)30-27-31-26(32)24(35-27)15-19-13-22(28)25(23(14-19)33-4-2)34-16-18-5-9-20(29)10-6-18/h5-15,27,30H,3-4,16H2,1-2H3,(H,31,32)/b24-15-/t27-/m0/s1. The summed E-state index contributed by atoms with van der Waals surface area (Å²) >= 11 is 5.00. The van der Waals surface area contributed by atoms with Gasteiger partial charge in [-0.3, -0.25) is 4.79 Å². The number of aryl methyl sites for hydroxylation is 1. The molecule has 35 heavy (non-hydrogen) atoms. The van der Waals surface area contributed by atoms with Gasteiger partial charge in [0.1, 0.15) is 12.4 Å². The van der Waals surface area contributed by atoms with Crippen LogP contribution in [0, 0.1) is 5.82 Å². The average Bonchev–Trinajstić information content (AvgIpc) is 3.18. The predicted octanol–water partition coefficient (Wildman–Crippen LogP) is 6.73. The maximum atomic E-state index is 13.2. The molecule has 1 aliphatic heterocycles. The number of halogens is 2. The molecule has 3 aromatic carbocycles. The lowest BCUT2D eigenvalue weighted by atomic mass is 10.1. The number of benzene rings is 3. The number of carbonyl (C=O) groups is 1. The molecule has 0 aromatic heterocycles. The minimum atomic E-state index is -0.289. The molecule has 0 unspecified atom stereocenters. The Morgan fingerprint density at radius 3 is 2.46 bits per heavy atom. The maximum absolute atomic E-state index is 13.2. The van der Waals surface area contributed by atoms with Gasteiger partial charge in [-0.05, 0) is 88.4 Å². The van der Waals surface area contributed by atoms with Crippen molar-refractivity contribution >= 4 is 45.4 Å². The van der Waals surface area contributed by atoms with Crippen molar-refractivity contribution in [3.8, 4) is 11.5 Å². The number of hydrogen-bond donors (Lipinski definition) is 2. The van der Waals surface area contributed by atoms with Crippen molar-refractivity contribution in [3.63, 3.8) is 0 Å². The van der Waals surface area contributed by atoms with Crippen LogP contribution in [0.25, 0.3) is 6.08 Å². The van der Waals surface area contributed by atoms with Gasteiger partial charge in [0, 0.05) is 5.69 Å². The largest absolute Gasteiger partial charge is 0.490 e. The number of hydrogen-bond acceptors (Lipinski definition) is 5. The molecular formula is C27H26BrFN2O3S. The molecule has 1 amide bonds. The molecule has 1 aliphatic rings. The second-order valence-corrected chi connectivity index (χ2v) is 9.85. The second kappa shape index (κ2) is 11.6. The van der Waals surface area contributed by atoms with Gasteiger partial charge in [-0.2, -0.15) is 0 Å². The van der Waals surface area contributed by atoms with E-state index < -0.39 is 0 Å². The summed E-state index contributed by atoms with van der Waals surface area (Å²) in [6, 6.07) is 18.1. The first-order valence-corrected chi connectivity index (χ1v) is 13.0. The quantitative estimate of drug-likeness (QED) is 0.286. The molecule has 1 atom stereocenters. The number of carbonyl (C=O) groups excluding carboxylic acids is 1. The SMILES string of the molecule is CCOc1cc(/C=C2\S[C@@H](Nc3ccc(CC)cc3)NC2=O)cc(Br)c1OCc1ccc(F)cc1. The first kappa shape index (κ1) is 25.1. The van der Waals surface area contributed by atoms with Crippen LogP contribution < -0.4 is 20.1 Å². The Hall–Kier alpha value is -2.97. The van der Waals surface area contributed by atoms with Crippen molar-refractivity contribution in [2.45, 2.75) is 32.4 Å². The molecule has 1 saturated heterocycles. The van der Waals surface area contributed by atoms with Gasteiger partial charge in [0.05, 0.1) is 16.0 Å². The van der Waals surface area contributed by atoms with Gasteiger partial charge in [0.15, 0.2) is 17.0 Å². The Morgan fingerprint density at radius 1 is 1.06 bits per heavy atom. The lowest BCUT2D eigenvalue weighted by Crippen LogP contribution is -2.30. The number of nitrogens with one attached hydrogen (secondary N) is 2. The number of ether oxygens (including phenoxy) is 2. The highest BCUT2D eigenvalue weighted by Gasteiger charge is 2.27. The zero-order chi connectivity index (χ0) is 24.8. The zero-order valence-corrected chi connectivity index (χ0v) is 21.8. The summed E-state index contributed by atoms with van der Waals surface area (Å²) in [5.41, 5.74) is 3.61. The van der Waals surface area contributed by atoms with Crippen LogP contribution in [0.15, 0.2) is 70.0 Å². The Balaban J connectivity index is 1.48. The van der Waals surface area contributed by atoms with Crippen LogP contribution in [0.4, 0.5) is 10.1 Å². The van der Waals surface area contributed by atoms with Crippen molar-refractivity contribution in [2.75, 3.05) is 11.9 Å². The Kier molecular flexibility index (Phi) is 8.36. The third kappa shape index (κ3) is 6.58. The Labute approximate surface area is 217 Å². The van der Waals surface area contributed by atoms with Crippen molar-refractivity contribution in [2.24, 2.45) is 0 Å². The first-order valence-electron chi connectivity index (χ1n) is 11.3. The van der Waals surface area contributed by atoms with Gasteiger partial charge < -0.3 is 20.1 Å². The van der Waals surface area contributed by atoms with Crippen molar-refractivity contribution in [3.05, 3.63) is 92.5 Å². The van der Waals surface area contributed by atoms with Crippen LogP contribution in [0.2, 0.25) is 0 Å². The van der Waals surface area contributed by atoms with Gasteiger partial charge in [-0.25, -0.2) is 4.39 Å². The summed E-state index contributed by atoms with van der Waals surface area (Å²) in [5.74, 6) is 0.688. The molecule has 3 aromatic rings. The van der Waals surface area contributed by atoms with Crippen LogP contribution in [-0.4, -0.2) is 18.0 Å². The molecule has 1 fully saturated rings. The van der Waals surface area contributed by atoms with Crippen LogP contribution >= 0.6 is 27.7 Å². The zero-order valence-electron chi connectivity index (χ0n) is 19.4. The molecule has 182 valence electrons. The monoisotopic (exact) mass is 556 g/mol. The van der Waals surface area contributed by atoms with E-state index in [9.17, 15) is 9.18 Å². The Bertz CT molecular complexity index is 1220. The second-order valence-electron chi connectivity index (χ2n) is 7.85. The molecule has 0 saturated carbocycles. The van der Waals surface area contributed by atoms with Crippen LogP contribution in [0.3, 0.4) is 0 Å². The third-order valence-corrected chi connectivity index (χ3v) is 6.93. The van der Waals surface area contributed by atoms with Gasteiger partial charge in [0.2, 0.25) is 0 Å². The fourth-order valence-corrected chi connectivity index (χ4v) is 5.07. The van der Waals surface area contributed by atoms with Crippen molar-refractivity contribution < 1.29 is 18.7 Å². The van der Waals surface area contributed by atoms with E-state index in [-0.39, 0.29) is 23.8 Å². The third-order valence-electron chi connectivity index (χ3n) is 5.32. The molecular weight excluding hydrogens is 531 g/mol. The summed E-state index contributed by atoms with van der Waals surface area (Å²) in [6.07, 6.45) is 2.82. The van der Waals surface area contributed by atoms with E-state index in [2.05, 4.69) is 45.6 Å². The number of thioether (sulfide) groups is 1. The molecule has 4 rings (SSSR count). The topological polar surface area (TPSA) is 59.6 Å². The van der Waals surface area contributed by atoms with Gasteiger partial charge in [0.25, 0.3) is 5.91 Å².